The van der Waals surface area contributed by atoms with Crippen LogP contribution in [-0.2, 0) is 5.67 Å². The molecule has 3 aromatic rings. The van der Waals surface area contributed by atoms with Crippen molar-refractivity contribution in [3.8, 4) is 5.69 Å². The fourth-order valence-electron chi connectivity index (χ4n) is 2.22. The Morgan fingerprint density at radius 2 is 1.85 bits per heavy atom. The zero-order chi connectivity index (χ0) is 14.3. The summed E-state index contributed by atoms with van der Waals surface area (Å²) in [4.78, 5) is 0. The highest BCUT2D eigenvalue weighted by atomic mass is 19.1. The van der Waals surface area contributed by atoms with Crippen LogP contribution in [0.15, 0.2) is 42.5 Å². The van der Waals surface area contributed by atoms with Crippen molar-refractivity contribution in [2.75, 3.05) is 0 Å². The fraction of sp³-hybridized carbons (Fsp3) is 0.200. The standard InChI is InChI=1S/C15H13F2N3/c1-15(2,17)11-9-10(16)7-8-13(11)20-14-6-4-3-5-12(14)18-19-20/h3-9H,1-2H3. The van der Waals surface area contributed by atoms with Gasteiger partial charge in [-0.3, -0.25) is 0 Å². The number of benzene rings is 2. The second-order valence-electron chi connectivity index (χ2n) is 5.12. The summed E-state index contributed by atoms with van der Waals surface area (Å²) in [7, 11) is 0. The minimum absolute atomic E-state index is 0.244. The molecule has 0 unspecified atom stereocenters. The molecule has 0 N–H and O–H groups in total. The molecular weight excluding hydrogens is 260 g/mol. The third-order valence-corrected chi connectivity index (χ3v) is 3.18. The van der Waals surface area contributed by atoms with Crippen LogP contribution < -0.4 is 0 Å². The lowest BCUT2D eigenvalue weighted by Crippen LogP contribution is -2.14. The van der Waals surface area contributed by atoms with Crippen LogP contribution in [0.3, 0.4) is 0 Å². The molecule has 0 atom stereocenters. The maximum atomic E-state index is 14.3. The molecule has 0 bridgehead atoms. The molecular formula is C15H13F2N3. The second-order valence-corrected chi connectivity index (χ2v) is 5.12. The number of para-hydroxylation sites is 1. The van der Waals surface area contributed by atoms with Gasteiger partial charge in [-0.1, -0.05) is 17.3 Å². The zero-order valence-corrected chi connectivity index (χ0v) is 11.1. The highest BCUT2D eigenvalue weighted by Crippen LogP contribution is 2.31. The predicted octanol–water partition coefficient (Wildman–Crippen LogP) is 3.76. The van der Waals surface area contributed by atoms with Crippen molar-refractivity contribution in [1.82, 2.24) is 15.0 Å². The highest BCUT2D eigenvalue weighted by Gasteiger charge is 2.25. The summed E-state index contributed by atoms with van der Waals surface area (Å²) in [5, 5.41) is 8.08. The molecule has 102 valence electrons. The van der Waals surface area contributed by atoms with Crippen molar-refractivity contribution in [3.05, 3.63) is 53.8 Å². The first-order chi connectivity index (χ1) is 9.47. The van der Waals surface area contributed by atoms with Crippen LogP contribution in [0.2, 0.25) is 0 Å². The number of hydrogen-bond acceptors (Lipinski definition) is 2. The molecule has 0 aliphatic heterocycles. The van der Waals surface area contributed by atoms with Crippen LogP contribution in [0.4, 0.5) is 8.78 Å². The Bertz CT molecular complexity index is 772. The van der Waals surface area contributed by atoms with E-state index in [1.54, 1.807) is 0 Å². The molecule has 3 nitrogen and oxygen atoms in total. The Labute approximate surface area is 114 Å². The molecule has 0 spiro atoms. The maximum Gasteiger partial charge on any atom is 0.132 e. The lowest BCUT2D eigenvalue weighted by molar-refractivity contribution is 0.220. The number of hydrogen-bond donors (Lipinski definition) is 0. The third-order valence-electron chi connectivity index (χ3n) is 3.18. The van der Waals surface area contributed by atoms with Crippen LogP contribution in [-0.4, -0.2) is 15.0 Å². The van der Waals surface area contributed by atoms with Gasteiger partial charge in [-0.05, 0) is 44.2 Å². The summed E-state index contributed by atoms with van der Waals surface area (Å²) in [6.45, 7) is 2.79. The van der Waals surface area contributed by atoms with E-state index in [0.717, 1.165) is 5.52 Å². The minimum Gasteiger partial charge on any atom is -0.239 e. The van der Waals surface area contributed by atoms with E-state index in [0.29, 0.717) is 11.2 Å². The SMILES string of the molecule is CC(C)(F)c1cc(F)ccc1-n1nnc2ccccc21. The maximum absolute atomic E-state index is 14.3. The van der Waals surface area contributed by atoms with Gasteiger partial charge in [0.1, 0.15) is 17.0 Å². The van der Waals surface area contributed by atoms with Gasteiger partial charge in [0.2, 0.25) is 0 Å². The van der Waals surface area contributed by atoms with Crippen molar-refractivity contribution in [1.29, 1.82) is 0 Å². The van der Waals surface area contributed by atoms with E-state index in [2.05, 4.69) is 10.3 Å². The minimum atomic E-state index is -1.68. The Balaban J connectivity index is 2.30. The Morgan fingerprint density at radius 3 is 2.60 bits per heavy atom. The van der Waals surface area contributed by atoms with Crippen molar-refractivity contribution < 1.29 is 8.78 Å². The average molecular weight is 273 g/mol. The molecule has 3 rings (SSSR count). The largest absolute Gasteiger partial charge is 0.239 e. The van der Waals surface area contributed by atoms with Crippen LogP contribution in [0, 0.1) is 5.82 Å². The van der Waals surface area contributed by atoms with Crippen molar-refractivity contribution in [2.45, 2.75) is 19.5 Å². The lowest BCUT2D eigenvalue weighted by Gasteiger charge is -2.19. The Hall–Kier alpha value is -2.30. The van der Waals surface area contributed by atoms with Gasteiger partial charge in [-0.2, -0.15) is 0 Å². The van der Waals surface area contributed by atoms with E-state index in [1.807, 2.05) is 24.3 Å². The van der Waals surface area contributed by atoms with Gasteiger partial charge in [-0.25, -0.2) is 13.5 Å². The first kappa shape index (κ1) is 12.7. The molecule has 1 aromatic heterocycles. The average Bonchev–Trinajstić information content (AvgIpc) is 2.81. The quantitative estimate of drug-likeness (QED) is 0.711. The highest BCUT2D eigenvalue weighted by molar-refractivity contribution is 5.76. The van der Waals surface area contributed by atoms with Crippen LogP contribution in [0.5, 0.6) is 0 Å². The summed E-state index contributed by atoms with van der Waals surface area (Å²) in [5.74, 6) is -0.473. The number of nitrogens with zero attached hydrogens (tertiary/aromatic N) is 3. The molecule has 0 aliphatic rings. The van der Waals surface area contributed by atoms with E-state index in [-0.39, 0.29) is 5.56 Å². The van der Waals surface area contributed by atoms with E-state index in [4.69, 9.17) is 0 Å². The summed E-state index contributed by atoms with van der Waals surface area (Å²) in [6, 6.07) is 11.4. The van der Waals surface area contributed by atoms with Gasteiger partial charge >= 0.3 is 0 Å². The molecule has 0 fully saturated rings. The van der Waals surface area contributed by atoms with Crippen LogP contribution in [0.1, 0.15) is 19.4 Å². The molecule has 5 heteroatoms. The number of halogens is 2. The molecule has 20 heavy (non-hydrogen) atoms. The summed E-state index contributed by atoms with van der Waals surface area (Å²) < 4.78 is 29.3. The number of fused-ring (bicyclic) bond motifs is 1. The Kier molecular flexibility index (Phi) is 2.78. The molecule has 0 radical (unpaired) electrons. The number of alkyl halides is 1. The summed E-state index contributed by atoms with van der Waals surface area (Å²) >= 11 is 0. The third kappa shape index (κ3) is 2.05. The zero-order valence-electron chi connectivity index (χ0n) is 11.1. The van der Waals surface area contributed by atoms with Gasteiger partial charge in [0.05, 0.1) is 11.2 Å². The second kappa shape index (κ2) is 4.37. The lowest BCUT2D eigenvalue weighted by atomic mass is 9.98. The summed E-state index contributed by atoms with van der Waals surface area (Å²) in [5.41, 5.74) is 0.523. The molecule has 2 aromatic carbocycles. The van der Waals surface area contributed by atoms with E-state index in [1.165, 1.54) is 36.7 Å². The number of rotatable bonds is 2. The summed E-state index contributed by atoms with van der Waals surface area (Å²) in [6.07, 6.45) is 0. The molecule has 0 aliphatic carbocycles. The van der Waals surface area contributed by atoms with E-state index < -0.39 is 11.5 Å². The van der Waals surface area contributed by atoms with Crippen molar-refractivity contribution in [3.63, 3.8) is 0 Å². The smallest absolute Gasteiger partial charge is 0.132 e. The Morgan fingerprint density at radius 1 is 1.10 bits per heavy atom. The predicted molar refractivity (Wildman–Crippen MR) is 73.0 cm³/mol. The molecule has 0 saturated carbocycles. The first-order valence-corrected chi connectivity index (χ1v) is 6.26. The molecule has 0 amide bonds. The van der Waals surface area contributed by atoms with E-state index in [9.17, 15) is 8.78 Å². The monoisotopic (exact) mass is 273 g/mol. The molecule has 1 heterocycles. The van der Waals surface area contributed by atoms with Gasteiger partial charge in [0.25, 0.3) is 0 Å². The van der Waals surface area contributed by atoms with Gasteiger partial charge in [0.15, 0.2) is 0 Å². The topological polar surface area (TPSA) is 30.7 Å². The fourth-order valence-corrected chi connectivity index (χ4v) is 2.22. The molecule has 0 saturated heterocycles. The first-order valence-electron chi connectivity index (χ1n) is 6.26. The van der Waals surface area contributed by atoms with Crippen molar-refractivity contribution >= 4 is 11.0 Å². The van der Waals surface area contributed by atoms with Gasteiger partial charge in [0, 0.05) is 5.56 Å². The van der Waals surface area contributed by atoms with Gasteiger partial charge < -0.3 is 0 Å². The van der Waals surface area contributed by atoms with Crippen molar-refractivity contribution in [2.24, 2.45) is 0 Å². The van der Waals surface area contributed by atoms with E-state index >= 15 is 0 Å². The van der Waals surface area contributed by atoms with Crippen LogP contribution in [0.25, 0.3) is 16.7 Å². The van der Waals surface area contributed by atoms with Gasteiger partial charge in [-0.15, -0.1) is 5.10 Å². The normalized spacial score (nSPS) is 12.0. The number of aromatic nitrogens is 3. The van der Waals surface area contributed by atoms with Crippen LogP contribution >= 0.6 is 0 Å².